The molecule has 0 aromatic rings. The van der Waals surface area contributed by atoms with Crippen molar-refractivity contribution in [3.63, 3.8) is 0 Å². The van der Waals surface area contributed by atoms with Gasteiger partial charge in [-0.25, -0.2) is 0 Å². The topological polar surface area (TPSA) is 23.8 Å². The van der Waals surface area contributed by atoms with E-state index in [0.717, 1.165) is 0 Å². The van der Waals surface area contributed by atoms with Crippen molar-refractivity contribution in [2.75, 3.05) is 0 Å². The molecule has 0 amide bonds. The van der Waals surface area contributed by atoms with Crippen molar-refractivity contribution >= 4 is 9.52 Å². The van der Waals surface area contributed by atoms with Crippen molar-refractivity contribution in [3.05, 3.63) is 0 Å². The Morgan fingerprint density at radius 1 is 1.21 bits per heavy atom. The predicted molar refractivity (Wildman–Crippen MR) is 66.4 cm³/mol. The smallest absolute Gasteiger partial charge is 0.0614 e. The van der Waals surface area contributed by atoms with Gasteiger partial charge in [-0.05, 0) is 5.04 Å². The first-order valence-electron chi connectivity index (χ1n) is 6.03. The van der Waals surface area contributed by atoms with Gasteiger partial charge in [0.25, 0.3) is 0 Å². The van der Waals surface area contributed by atoms with Crippen molar-refractivity contribution in [1.82, 2.24) is 0 Å². The van der Waals surface area contributed by atoms with E-state index in [1.807, 2.05) is 0 Å². The Hall–Kier alpha value is -0.293. The SMILES string of the molecule is CCCC(CC)(CCC)[SiH2]C(C)C#N. The van der Waals surface area contributed by atoms with E-state index in [1.54, 1.807) is 0 Å². The third-order valence-corrected chi connectivity index (χ3v) is 6.14. The zero-order valence-electron chi connectivity index (χ0n) is 10.3. The fourth-order valence-corrected chi connectivity index (χ4v) is 5.38. The lowest BCUT2D eigenvalue weighted by molar-refractivity contribution is 0.443. The monoisotopic (exact) mass is 211 g/mol. The molecule has 1 unspecified atom stereocenters. The van der Waals surface area contributed by atoms with Gasteiger partial charge in [-0.2, -0.15) is 5.26 Å². The van der Waals surface area contributed by atoms with Gasteiger partial charge in [0.15, 0.2) is 0 Å². The van der Waals surface area contributed by atoms with Crippen LogP contribution in [-0.4, -0.2) is 9.52 Å². The van der Waals surface area contributed by atoms with Crippen LogP contribution in [0, 0.1) is 11.3 Å². The van der Waals surface area contributed by atoms with Gasteiger partial charge in [0.1, 0.15) is 0 Å². The van der Waals surface area contributed by atoms with Gasteiger partial charge < -0.3 is 0 Å². The van der Waals surface area contributed by atoms with Crippen LogP contribution in [0.2, 0.25) is 10.6 Å². The lowest BCUT2D eigenvalue weighted by Crippen LogP contribution is -2.22. The first-order valence-corrected chi connectivity index (χ1v) is 7.56. The van der Waals surface area contributed by atoms with Crippen molar-refractivity contribution in [1.29, 1.82) is 5.26 Å². The summed E-state index contributed by atoms with van der Waals surface area (Å²) in [4.78, 5) is 0. The van der Waals surface area contributed by atoms with E-state index in [2.05, 4.69) is 33.8 Å². The second-order valence-electron chi connectivity index (χ2n) is 4.59. The minimum Gasteiger partial charge on any atom is -0.198 e. The molecule has 0 spiro atoms. The summed E-state index contributed by atoms with van der Waals surface area (Å²) < 4.78 is 0. The van der Waals surface area contributed by atoms with E-state index in [9.17, 15) is 0 Å². The quantitative estimate of drug-likeness (QED) is 0.590. The summed E-state index contributed by atoms with van der Waals surface area (Å²) in [5.41, 5.74) is 0.355. The van der Waals surface area contributed by atoms with Crippen LogP contribution in [0.1, 0.15) is 59.8 Å². The fraction of sp³-hybridized carbons (Fsp3) is 0.917. The summed E-state index contributed by atoms with van der Waals surface area (Å²) in [5.74, 6) is 0. The van der Waals surface area contributed by atoms with E-state index in [1.165, 1.54) is 32.1 Å². The molecule has 0 aliphatic carbocycles. The number of hydrogen-bond acceptors (Lipinski definition) is 1. The first kappa shape index (κ1) is 13.7. The van der Waals surface area contributed by atoms with E-state index >= 15 is 0 Å². The molecule has 0 aromatic heterocycles. The number of nitrogens with zero attached hydrogens (tertiary/aromatic N) is 1. The molecule has 0 rings (SSSR count). The van der Waals surface area contributed by atoms with E-state index in [4.69, 9.17) is 5.26 Å². The highest BCUT2D eigenvalue weighted by Gasteiger charge is 2.28. The first-order chi connectivity index (χ1) is 6.64. The Balaban J connectivity index is 4.41. The van der Waals surface area contributed by atoms with Crippen LogP contribution in [-0.2, 0) is 0 Å². The Morgan fingerprint density at radius 3 is 2.00 bits per heavy atom. The van der Waals surface area contributed by atoms with Crippen molar-refractivity contribution < 1.29 is 0 Å². The van der Waals surface area contributed by atoms with Crippen LogP contribution in [0.4, 0.5) is 0 Å². The van der Waals surface area contributed by atoms with Crippen LogP contribution in [0.15, 0.2) is 0 Å². The van der Waals surface area contributed by atoms with Gasteiger partial charge in [-0.1, -0.05) is 59.8 Å². The standard InChI is InChI=1S/C12H25NSi/c1-5-8-12(7-3,9-6-2)14-11(4)10-13/h11H,5-9,14H2,1-4H3. The van der Waals surface area contributed by atoms with Gasteiger partial charge in [-0.3, -0.25) is 0 Å². The highest BCUT2D eigenvalue weighted by atomic mass is 28.2. The van der Waals surface area contributed by atoms with Crippen molar-refractivity contribution in [2.24, 2.45) is 0 Å². The van der Waals surface area contributed by atoms with Gasteiger partial charge in [0.2, 0.25) is 0 Å². The summed E-state index contributed by atoms with van der Waals surface area (Å²) >= 11 is 0. The molecular weight excluding hydrogens is 186 g/mol. The summed E-state index contributed by atoms with van der Waals surface area (Å²) in [6.45, 7) is 8.96. The summed E-state index contributed by atoms with van der Waals surface area (Å²) in [5, 5.41) is 9.50. The number of hydrogen-bond donors (Lipinski definition) is 0. The van der Waals surface area contributed by atoms with Gasteiger partial charge in [0, 0.05) is 15.1 Å². The Labute approximate surface area is 91.7 Å². The summed E-state index contributed by atoms with van der Waals surface area (Å²) in [6.07, 6.45) is 6.52. The van der Waals surface area contributed by atoms with Crippen LogP contribution in [0.3, 0.4) is 0 Å². The molecule has 0 aliphatic rings. The average molecular weight is 211 g/mol. The third kappa shape index (κ3) is 4.28. The normalized spacial score (nSPS) is 14.5. The molecule has 0 aliphatic heterocycles. The maximum Gasteiger partial charge on any atom is 0.0614 e. The van der Waals surface area contributed by atoms with Gasteiger partial charge >= 0.3 is 0 Å². The molecule has 82 valence electrons. The van der Waals surface area contributed by atoms with E-state index < -0.39 is 0 Å². The zero-order chi connectivity index (χ0) is 11.0. The van der Waals surface area contributed by atoms with Crippen molar-refractivity contribution in [3.8, 4) is 6.07 Å². The molecule has 0 radical (unpaired) electrons. The Bertz CT molecular complexity index is 177. The Morgan fingerprint density at radius 2 is 1.71 bits per heavy atom. The third-order valence-electron chi connectivity index (χ3n) is 3.27. The second-order valence-corrected chi connectivity index (χ2v) is 7.72. The molecule has 0 aromatic carbocycles. The Kier molecular flexibility index (Phi) is 6.91. The maximum atomic E-state index is 8.91. The second kappa shape index (κ2) is 7.06. The minimum atomic E-state index is -0.240. The molecule has 0 saturated heterocycles. The van der Waals surface area contributed by atoms with E-state index in [0.29, 0.717) is 10.6 Å². The minimum absolute atomic E-state index is 0.240. The number of nitriles is 1. The predicted octanol–water partition coefficient (Wildman–Crippen LogP) is 3.66. The van der Waals surface area contributed by atoms with Crippen LogP contribution in [0.5, 0.6) is 0 Å². The van der Waals surface area contributed by atoms with Crippen LogP contribution in [0.25, 0.3) is 0 Å². The van der Waals surface area contributed by atoms with Crippen LogP contribution >= 0.6 is 0 Å². The van der Waals surface area contributed by atoms with E-state index in [-0.39, 0.29) is 9.52 Å². The molecule has 0 N–H and O–H groups in total. The summed E-state index contributed by atoms with van der Waals surface area (Å²) in [7, 11) is -0.240. The van der Waals surface area contributed by atoms with Crippen LogP contribution < -0.4 is 0 Å². The lowest BCUT2D eigenvalue weighted by Gasteiger charge is -2.33. The number of rotatable bonds is 7. The average Bonchev–Trinajstić information content (AvgIpc) is 2.18. The summed E-state index contributed by atoms with van der Waals surface area (Å²) in [6, 6.07) is 2.43. The molecule has 14 heavy (non-hydrogen) atoms. The van der Waals surface area contributed by atoms with Gasteiger partial charge in [0.05, 0.1) is 6.07 Å². The molecule has 2 heteroatoms. The highest BCUT2D eigenvalue weighted by Crippen LogP contribution is 2.42. The zero-order valence-corrected chi connectivity index (χ0v) is 11.7. The molecule has 0 fully saturated rings. The van der Waals surface area contributed by atoms with Crippen molar-refractivity contribution in [2.45, 2.75) is 70.4 Å². The van der Waals surface area contributed by atoms with Gasteiger partial charge in [-0.15, -0.1) is 0 Å². The fourth-order valence-electron chi connectivity index (χ4n) is 2.58. The highest BCUT2D eigenvalue weighted by molar-refractivity contribution is 6.43. The molecule has 1 nitrogen and oxygen atoms in total. The maximum absolute atomic E-state index is 8.91. The largest absolute Gasteiger partial charge is 0.198 e. The molecular formula is C12H25NSi. The molecule has 0 heterocycles. The molecule has 0 bridgehead atoms. The lowest BCUT2D eigenvalue weighted by atomic mass is 9.94. The molecule has 1 atom stereocenters. The molecule has 0 saturated carbocycles.